The third-order valence-corrected chi connectivity index (χ3v) is 5.01. The van der Waals surface area contributed by atoms with Crippen molar-refractivity contribution in [2.75, 3.05) is 26.1 Å². The zero-order valence-corrected chi connectivity index (χ0v) is 17.9. The molecule has 3 aromatic carbocycles. The Morgan fingerprint density at radius 3 is 2.23 bits per heavy atom. The number of methoxy groups -OCH3 is 2. The number of ketones is 1. The maximum Gasteiger partial charge on any atom is 0.255 e. The van der Waals surface area contributed by atoms with Gasteiger partial charge in [0.15, 0.2) is 5.78 Å². The minimum Gasteiger partial charge on any atom is -0.496 e. The highest BCUT2D eigenvalue weighted by Crippen LogP contribution is 2.25. The molecule has 3 aromatic rings. The summed E-state index contributed by atoms with van der Waals surface area (Å²) in [6.07, 6.45) is 1.96. The molecule has 0 saturated heterocycles. The number of Topliss-reactive ketones (excluding diaryl/α,β-unsaturated/α-hetero) is 1. The van der Waals surface area contributed by atoms with Crippen molar-refractivity contribution in [1.29, 1.82) is 0 Å². The van der Waals surface area contributed by atoms with Crippen LogP contribution in [-0.4, -0.2) is 32.5 Å². The number of ether oxygens (including phenoxy) is 2. The first kappa shape index (κ1) is 22.2. The maximum atomic E-state index is 12.7. The van der Waals surface area contributed by atoms with Crippen molar-refractivity contribution in [3.63, 3.8) is 0 Å². The Hall–Kier alpha value is -3.44. The summed E-state index contributed by atoms with van der Waals surface area (Å²) in [5.74, 6) is 0.251. The van der Waals surface area contributed by atoms with Crippen molar-refractivity contribution in [2.45, 2.75) is 19.3 Å². The third kappa shape index (κ3) is 6.03. The van der Waals surface area contributed by atoms with Crippen molar-refractivity contribution in [3.05, 3.63) is 83.9 Å². The molecule has 1 amide bonds. The molecule has 0 aliphatic rings. The number of rotatable bonds is 10. The molecular formula is C26H27NO4. The van der Waals surface area contributed by atoms with E-state index in [0.717, 1.165) is 24.0 Å². The number of carbonyl (C=O) groups excluding carboxylic acids is 2. The fourth-order valence-electron chi connectivity index (χ4n) is 3.32. The summed E-state index contributed by atoms with van der Waals surface area (Å²) in [7, 11) is 3.18. The quantitative estimate of drug-likeness (QED) is 0.344. The lowest BCUT2D eigenvalue weighted by atomic mass is 10.0. The zero-order chi connectivity index (χ0) is 22.1. The van der Waals surface area contributed by atoms with Gasteiger partial charge in [0.25, 0.3) is 5.91 Å². The Balaban J connectivity index is 1.70. The van der Waals surface area contributed by atoms with Crippen molar-refractivity contribution >= 4 is 17.4 Å². The SMILES string of the molecule is COCCCCC(=O)c1cc(NC(=O)c2ccc(-c3ccccc3)cc2)ccc1OC. The Morgan fingerprint density at radius 1 is 0.839 bits per heavy atom. The Kier molecular flexibility index (Phi) is 7.96. The van der Waals surface area contributed by atoms with Crippen LogP contribution in [-0.2, 0) is 4.74 Å². The van der Waals surface area contributed by atoms with E-state index in [0.29, 0.717) is 35.6 Å². The summed E-state index contributed by atoms with van der Waals surface area (Å²) in [6, 6.07) is 22.5. The average Bonchev–Trinajstić information content (AvgIpc) is 2.82. The highest BCUT2D eigenvalue weighted by atomic mass is 16.5. The predicted octanol–water partition coefficient (Wildman–Crippen LogP) is 5.61. The summed E-state index contributed by atoms with van der Waals surface area (Å²) in [6.45, 7) is 0.629. The molecule has 3 rings (SSSR count). The monoisotopic (exact) mass is 417 g/mol. The van der Waals surface area contributed by atoms with Gasteiger partial charge in [-0.2, -0.15) is 0 Å². The van der Waals surface area contributed by atoms with Crippen molar-refractivity contribution < 1.29 is 19.1 Å². The molecule has 1 N–H and O–H groups in total. The molecule has 0 spiro atoms. The largest absolute Gasteiger partial charge is 0.496 e. The number of hydrogen-bond acceptors (Lipinski definition) is 4. The highest BCUT2D eigenvalue weighted by Gasteiger charge is 2.15. The number of benzene rings is 3. The first-order valence-corrected chi connectivity index (χ1v) is 10.3. The first-order valence-electron chi connectivity index (χ1n) is 10.3. The second-order valence-corrected chi connectivity index (χ2v) is 7.19. The highest BCUT2D eigenvalue weighted by molar-refractivity contribution is 6.06. The minimum absolute atomic E-state index is 0.0173. The molecule has 31 heavy (non-hydrogen) atoms. The van der Waals surface area contributed by atoms with Crippen LogP contribution in [0.1, 0.15) is 40.0 Å². The van der Waals surface area contributed by atoms with E-state index >= 15 is 0 Å². The van der Waals surface area contributed by atoms with Crippen LogP contribution in [0, 0.1) is 0 Å². The molecule has 0 radical (unpaired) electrons. The zero-order valence-electron chi connectivity index (χ0n) is 17.9. The van der Waals surface area contributed by atoms with Gasteiger partial charge in [0.1, 0.15) is 5.75 Å². The average molecular weight is 418 g/mol. The lowest BCUT2D eigenvalue weighted by molar-refractivity contribution is 0.0970. The van der Waals surface area contributed by atoms with Gasteiger partial charge in [-0.05, 0) is 54.3 Å². The van der Waals surface area contributed by atoms with Crippen LogP contribution in [0.4, 0.5) is 5.69 Å². The van der Waals surface area contributed by atoms with Gasteiger partial charge < -0.3 is 14.8 Å². The maximum absolute atomic E-state index is 12.7. The van der Waals surface area contributed by atoms with Crippen molar-refractivity contribution in [3.8, 4) is 16.9 Å². The number of amides is 1. The van der Waals surface area contributed by atoms with E-state index in [1.54, 1.807) is 37.4 Å². The van der Waals surface area contributed by atoms with Crippen molar-refractivity contribution in [1.82, 2.24) is 0 Å². The molecule has 5 nitrogen and oxygen atoms in total. The summed E-state index contributed by atoms with van der Waals surface area (Å²) in [4.78, 5) is 25.3. The molecule has 0 fully saturated rings. The molecular weight excluding hydrogens is 390 g/mol. The first-order chi connectivity index (χ1) is 15.1. The van der Waals surface area contributed by atoms with Crippen LogP contribution in [0.2, 0.25) is 0 Å². The van der Waals surface area contributed by atoms with Crippen LogP contribution in [0.15, 0.2) is 72.8 Å². The predicted molar refractivity (Wildman–Crippen MR) is 123 cm³/mol. The molecule has 0 saturated carbocycles. The number of anilines is 1. The van der Waals surface area contributed by atoms with Crippen molar-refractivity contribution in [2.24, 2.45) is 0 Å². The van der Waals surface area contributed by atoms with Gasteiger partial charge in [0, 0.05) is 31.4 Å². The minimum atomic E-state index is -0.233. The van der Waals surface area contributed by atoms with Gasteiger partial charge >= 0.3 is 0 Å². The second-order valence-electron chi connectivity index (χ2n) is 7.19. The number of hydrogen-bond donors (Lipinski definition) is 1. The molecule has 0 aromatic heterocycles. The fourth-order valence-corrected chi connectivity index (χ4v) is 3.32. The lowest BCUT2D eigenvalue weighted by Crippen LogP contribution is -2.12. The van der Waals surface area contributed by atoms with E-state index in [-0.39, 0.29) is 11.7 Å². The van der Waals surface area contributed by atoms with Gasteiger partial charge in [0.05, 0.1) is 12.7 Å². The molecule has 0 aliphatic carbocycles. The summed E-state index contributed by atoms with van der Waals surface area (Å²) >= 11 is 0. The lowest BCUT2D eigenvalue weighted by Gasteiger charge is -2.11. The standard InChI is InChI=1S/C26H27NO4/c1-30-17-7-6-10-24(28)23-18-22(15-16-25(23)31-2)27-26(29)21-13-11-20(12-14-21)19-8-4-3-5-9-19/h3-5,8-9,11-16,18H,6-7,10,17H2,1-2H3,(H,27,29). The van der Waals surface area contributed by atoms with E-state index < -0.39 is 0 Å². The van der Waals surface area contributed by atoms with Gasteiger partial charge in [-0.3, -0.25) is 9.59 Å². The Bertz CT molecular complexity index is 1010. The van der Waals surface area contributed by atoms with E-state index in [1.165, 1.54) is 7.11 Å². The smallest absolute Gasteiger partial charge is 0.255 e. The summed E-state index contributed by atoms with van der Waals surface area (Å²) < 4.78 is 10.4. The van der Waals surface area contributed by atoms with Gasteiger partial charge in [0.2, 0.25) is 0 Å². The topological polar surface area (TPSA) is 64.6 Å². The second kappa shape index (κ2) is 11.1. The number of unbranched alkanes of at least 4 members (excludes halogenated alkanes) is 1. The molecule has 0 bridgehead atoms. The molecule has 0 unspecified atom stereocenters. The Labute approximate surface area is 183 Å². The fraction of sp³-hybridized carbons (Fsp3) is 0.231. The van der Waals surface area contributed by atoms with Crippen LogP contribution in [0.3, 0.4) is 0 Å². The van der Waals surface area contributed by atoms with E-state index in [1.807, 2.05) is 42.5 Å². The van der Waals surface area contributed by atoms with Gasteiger partial charge in [-0.25, -0.2) is 0 Å². The van der Waals surface area contributed by atoms with E-state index in [4.69, 9.17) is 9.47 Å². The molecule has 0 aliphatic heterocycles. The van der Waals surface area contributed by atoms with Gasteiger partial charge in [-0.15, -0.1) is 0 Å². The molecule has 0 atom stereocenters. The normalized spacial score (nSPS) is 10.5. The van der Waals surface area contributed by atoms with Crippen LogP contribution in [0.5, 0.6) is 5.75 Å². The third-order valence-electron chi connectivity index (χ3n) is 5.01. The van der Waals surface area contributed by atoms with Crippen LogP contribution in [0.25, 0.3) is 11.1 Å². The number of carbonyl (C=O) groups is 2. The summed E-state index contributed by atoms with van der Waals surface area (Å²) in [5, 5.41) is 2.87. The summed E-state index contributed by atoms with van der Waals surface area (Å²) in [5.41, 5.74) is 3.71. The van der Waals surface area contributed by atoms with Gasteiger partial charge in [-0.1, -0.05) is 42.5 Å². The molecule has 5 heteroatoms. The Morgan fingerprint density at radius 2 is 1.55 bits per heavy atom. The van der Waals surface area contributed by atoms with E-state index in [9.17, 15) is 9.59 Å². The number of nitrogens with one attached hydrogen (secondary N) is 1. The van der Waals surface area contributed by atoms with E-state index in [2.05, 4.69) is 5.32 Å². The van der Waals surface area contributed by atoms with Crippen LogP contribution < -0.4 is 10.1 Å². The molecule has 160 valence electrons. The molecule has 0 heterocycles. The van der Waals surface area contributed by atoms with Crippen LogP contribution >= 0.6 is 0 Å².